The molecule has 0 saturated carbocycles. The van der Waals surface area contributed by atoms with Crippen molar-refractivity contribution in [1.82, 2.24) is 5.32 Å². The molecule has 5 nitrogen and oxygen atoms in total. The van der Waals surface area contributed by atoms with E-state index in [1.54, 1.807) is 19.1 Å². The smallest absolute Gasteiger partial charge is 0.255 e. The Kier molecular flexibility index (Phi) is 4.11. The SMILES string of the molecule is Cc1cccc(C(=O)NCCS(C)(=O)=O)c1O. The molecule has 2 N–H and O–H groups in total. The minimum atomic E-state index is -3.10. The molecule has 0 atom stereocenters. The highest BCUT2D eigenvalue weighted by atomic mass is 32.2. The molecule has 1 aromatic carbocycles. The average Bonchev–Trinajstić information content (AvgIpc) is 2.20. The summed E-state index contributed by atoms with van der Waals surface area (Å²) in [6.45, 7) is 1.72. The summed E-state index contributed by atoms with van der Waals surface area (Å²) < 4.78 is 21.7. The lowest BCUT2D eigenvalue weighted by Crippen LogP contribution is -2.28. The zero-order valence-electron chi connectivity index (χ0n) is 9.73. The number of aryl methyl sites for hydroxylation is 1. The predicted molar refractivity (Wildman–Crippen MR) is 64.9 cm³/mol. The van der Waals surface area contributed by atoms with Crippen molar-refractivity contribution in [3.05, 3.63) is 29.3 Å². The van der Waals surface area contributed by atoms with Crippen LogP contribution in [0.2, 0.25) is 0 Å². The van der Waals surface area contributed by atoms with Crippen LogP contribution in [0.15, 0.2) is 18.2 Å². The third-order valence-electron chi connectivity index (χ3n) is 2.24. The molecular weight excluding hydrogens is 242 g/mol. The second kappa shape index (κ2) is 5.18. The van der Waals surface area contributed by atoms with E-state index >= 15 is 0 Å². The van der Waals surface area contributed by atoms with Gasteiger partial charge in [0.1, 0.15) is 15.6 Å². The minimum Gasteiger partial charge on any atom is -0.507 e. The molecule has 0 bridgehead atoms. The van der Waals surface area contributed by atoms with Crippen molar-refractivity contribution in [2.24, 2.45) is 0 Å². The van der Waals surface area contributed by atoms with Gasteiger partial charge in [0.2, 0.25) is 0 Å². The van der Waals surface area contributed by atoms with Crippen LogP contribution in [0.25, 0.3) is 0 Å². The van der Waals surface area contributed by atoms with Crippen LogP contribution in [0, 0.1) is 6.92 Å². The van der Waals surface area contributed by atoms with Gasteiger partial charge in [0.25, 0.3) is 5.91 Å². The van der Waals surface area contributed by atoms with Gasteiger partial charge in [-0.3, -0.25) is 4.79 Å². The number of phenolic OH excluding ortho intramolecular Hbond substituents is 1. The average molecular weight is 257 g/mol. The van der Waals surface area contributed by atoms with Crippen molar-refractivity contribution in [2.75, 3.05) is 18.6 Å². The van der Waals surface area contributed by atoms with E-state index in [4.69, 9.17) is 0 Å². The Labute approximate surface area is 100 Å². The number of para-hydroxylation sites is 1. The summed E-state index contributed by atoms with van der Waals surface area (Å²) in [7, 11) is -3.10. The molecule has 0 heterocycles. The zero-order chi connectivity index (χ0) is 13.1. The van der Waals surface area contributed by atoms with Crippen LogP contribution in [-0.4, -0.2) is 38.0 Å². The number of hydrogen-bond acceptors (Lipinski definition) is 4. The molecule has 0 aromatic heterocycles. The van der Waals surface area contributed by atoms with Crippen molar-refractivity contribution in [2.45, 2.75) is 6.92 Å². The fourth-order valence-corrected chi connectivity index (χ4v) is 1.76. The number of aromatic hydroxyl groups is 1. The number of carbonyl (C=O) groups excluding carboxylic acids is 1. The third-order valence-corrected chi connectivity index (χ3v) is 3.19. The van der Waals surface area contributed by atoms with Gasteiger partial charge in [0.15, 0.2) is 0 Å². The fourth-order valence-electron chi connectivity index (χ4n) is 1.29. The van der Waals surface area contributed by atoms with Crippen molar-refractivity contribution < 1.29 is 18.3 Å². The van der Waals surface area contributed by atoms with Crippen LogP contribution in [0.4, 0.5) is 0 Å². The molecule has 0 saturated heterocycles. The number of rotatable bonds is 4. The van der Waals surface area contributed by atoms with Gasteiger partial charge in [-0.2, -0.15) is 0 Å². The normalized spacial score (nSPS) is 11.2. The predicted octanol–water partition coefficient (Wildman–Crippen LogP) is 0.475. The Morgan fingerprint density at radius 1 is 1.41 bits per heavy atom. The first-order valence-electron chi connectivity index (χ1n) is 5.06. The maximum absolute atomic E-state index is 11.6. The third kappa shape index (κ3) is 4.07. The van der Waals surface area contributed by atoms with Crippen LogP contribution < -0.4 is 5.32 Å². The summed E-state index contributed by atoms with van der Waals surface area (Å²) in [5.41, 5.74) is 0.749. The Morgan fingerprint density at radius 2 is 2.06 bits per heavy atom. The molecule has 17 heavy (non-hydrogen) atoms. The number of nitrogens with one attached hydrogen (secondary N) is 1. The van der Waals surface area contributed by atoms with Crippen LogP contribution in [0.1, 0.15) is 15.9 Å². The quantitative estimate of drug-likeness (QED) is 0.821. The number of phenols is 1. The summed E-state index contributed by atoms with van der Waals surface area (Å²) in [4.78, 5) is 11.6. The topological polar surface area (TPSA) is 83.5 Å². The number of amides is 1. The summed E-state index contributed by atoms with van der Waals surface area (Å²) >= 11 is 0. The lowest BCUT2D eigenvalue weighted by molar-refractivity contribution is 0.0953. The Hall–Kier alpha value is -1.56. The van der Waals surface area contributed by atoms with E-state index in [1.165, 1.54) is 6.07 Å². The van der Waals surface area contributed by atoms with Gasteiger partial charge in [-0.1, -0.05) is 12.1 Å². The maximum atomic E-state index is 11.6. The zero-order valence-corrected chi connectivity index (χ0v) is 10.5. The first-order valence-corrected chi connectivity index (χ1v) is 7.12. The molecule has 0 radical (unpaired) electrons. The molecular formula is C11H15NO4S. The van der Waals surface area contributed by atoms with Gasteiger partial charge >= 0.3 is 0 Å². The molecule has 0 aliphatic heterocycles. The first kappa shape index (κ1) is 13.5. The second-order valence-electron chi connectivity index (χ2n) is 3.86. The molecule has 1 rings (SSSR count). The summed E-state index contributed by atoms with van der Waals surface area (Å²) in [5.74, 6) is -0.676. The summed E-state index contributed by atoms with van der Waals surface area (Å²) in [6, 6.07) is 4.82. The Bertz CT molecular complexity index is 522. The monoisotopic (exact) mass is 257 g/mol. The molecule has 1 aromatic rings. The van der Waals surface area contributed by atoms with E-state index < -0.39 is 15.7 Å². The fraction of sp³-hybridized carbons (Fsp3) is 0.364. The molecule has 6 heteroatoms. The largest absolute Gasteiger partial charge is 0.507 e. The van der Waals surface area contributed by atoms with Crippen molar-refractivity contribution in [3.63, 3.8) is 0 Å². The number of benzene rings is 1. The van der Waals surface area contributed by atoms with Crippen LogP contribution >= 0.6 is 0 Å². The summed E-state index contributed by atoms with van der Waals surface area (Å²) in [5, 5.41) is 12.1. The molecule has 1 amide bonds. The van der Waals surface area contributed by atoms with Crippen LogP contribution in [0.3, 0.4) is 0 Å². The molecule has 94 valence electrons. The lowest BCUT2D eigenvalue weighted by atomic mass is 10.1. The van der Waals surface area contributed by atoms with E-state index in [2.05, 4.69) is 5.32 Å². The maximum Gasteiger partial charge on any atom is 0.255 e. The highest BCUT2D eigenvalue weighted by Gasteiger charge is 2.12. The van der Waals surface area contributed by atoms with Gasteiger partial charge in [-0.05, 0) is 18.6 Å². The summed E-state index contributed by atoms with van der Waals surface area (Å²) in [6.07, 6.45) is 1.10. The molecule has 0 unspecified atom stereocenters. The Balaban J connectivity index is 2.68. The van der Waals surface area contributed by atoms with Crippen LogP contribution in [-0.2, 0) is 9.84 Å². The number of hydrogen-bond donors (Lipinski definition) is 2. The van der Waals surface area contributed by atoms with E-state index in [0.29, 0.717) is 5.56 Å². The molecule has 0 spiro atoms. The van der Waals surface area contributed by atoms with E-state index in [0.717, 1.165) is 6.26 Å². The van der Waals surface area contributed by atoms with Gasteiger partial charge in [0, 0.05) is 12.8 Å². The highest BCUT2D eigenvalue weighted by Crippen LogP contribution is 2.20. The van der Waals surface area contributed by atoms with E-state index in [9.17, 15) is 18.3 Å². The molecule has 0 aliphatic carbocycles. The van der Waals surface area contributed by atoms with Crippen molar-refractivity contribution >= 4 is 15.7 Å². The van der Waals surface area contributed by atoms with E-state index in [-0.39, 0.29) is 23.6 Å². The van der Waals surface area contributed by atoms with E-state index in [1.807, 2.05) is 0 Å². The van der Waals surface area contributed by atoms with Crippen molar-refractivity contribution in [1.29, 1.82) is 0 Å². The van der Waals surface area contributed by atoms with Gasteiger partial charge in [-0.25, -0.2) is 8.42 Å². The lowest BCUT2D eigenvalue weighted by Gasteiger charge is -2.07. The molecule has 0 aliphatic rings. The minimum absolute atomic E-state index is 0.0328. The number of carbonyl (C=O) groups is 1. The van der Waals surface area contributed by atoms with Crippen molar-refractivity contribution in [3.8, 4) is 5.75 Å². The highest BCUT2D eigenvalue weighted by molar-refractivity contribution is 7.90. The van der Waals surface area contributed by atoms with Gasteiger partial charge in [0.05, 0.1) is 11.3 Å². The van der Waals surface area contributed by atoms with Gasteiger partial charge < -0.3 is 10.4 Å². The molecule has 0 fully saturated rings. The number of sulfone groups is 1. The van der Waals surface area contributed by atoms with Crippen LogP contribution in [0.5, 0.6) is 5.75 Å². The van der Waals surface area contributed by atoms with Gasteiger partial charge in [-0.15, -0.1) is 0 Å². The second-order valence-corrected chi connectivity index (χ2v) is 6.12. The standard InChI is InChI=1S/C11H15NO4S/c1-8-4-3-5-9(10(8)13)11(14)12-6-7-17(2,15)16/h3-5,13H,6-7H2,1-2H3,(H,12,14). The Morgan fingerprint density at radius 3 is 2.65 bits per heavy atom. The first-order chi connectivity index (χ1) is 7.81.